The van der Waals surface area contributed by atoms with E-state index in [9.17, 15) is 24.6 Å². The van der Waals surface area contributed by atoms with Crippen LogP contribution in [0.15, 0.2) is 71.7 Å². The van der Waals surface area contributed by atoms with Crippen molar-refractivity contribution in [3.63, 3.8) is 0 Å². The van der Waals surface area contributed by atoms with E-state index in [0.717, 1.165) is 0 Å². The van der Waals surface area contributed by atoms with Crippen molar-refractivity contribution in [2.24, 2.45) is 5.92 Å². The summed E-state index contributed by atoms with van der Waals surface area (Å²) in [5, 5.41) is 22.6. The number of hydrogen-bond acceptors (Lipinski definition) is 6. The number of fused-ring (bicyclic) bond motifs is 2. The molecule has 0 saturated heterocycles. The zero-order valence-electron chi connectivity index (χ0n) is 17.3. The number of ketones is 1. The highest BCUT2D eigenvalue weighted by atomic mass is 32.1. The molecule has 10 heteroatoms. The lowest BCUT2D eigenvalue weighted by Crippen LogP contribution is -2.44. The van der Waals surface area contributed by atoms with Crippen molar-refractivity contribution in [2.45, 2.75) is 13.0 Å². The lowest BCUT2D eigenvalue weighted by atomic mass is 9.75. The number of rotatable bonds is 4. The first-order valence-corrected chi connectivity index (χ1v) is 10.2. The van der Waals surface area contributed by atoms with Crippen LogP contribution in [0.3, 0.4) is 0 Å². The number of carbonyl (C=O) groups is 3. The van der Waals surface area contributed by atoms with Gasteiger partial charge in [0.25, 0.3) is 5.91 Å². The van der Waals surface area contributed by atoms with Gasteiger partial charge in [0.2, 0.25) is 0 Å². The van der Waals surface area contributed by atoms with Crippen molar-refractivity contribution >= 4 is 46.3 Å². The molecule has 0 fully saturated rings. The van der Waals surface area contributed by atoms with Crippen molar-refractivity contribution in [3.8, 4) is 0 Å². The van der Waals surface area contributed by atoms with E-state index in [2.05, 4.69) is 22.7 Å². The number of carboxylic acids is 1. The van der Waals surface area contributed by atoms with E-state index in [0.29, 0.717) is 28.2 Å². The predicted octanol–water partition coefficient (Wildman–Crippen LogP) is 2.53. The average molecular weight is 465 g/mol. The molecule has 3 aliphatic rings. The summed E-state index contributed by atoms with van der Waals surface area (Å²) >= 11 is 5.12. The number of amides is 1. The predicted molar refractivity (Wildman–Crippen MR) is 124 cm³/mol. The Balaban J connectivity index is 1.67. The molecule has 0 saturated carbocycles. The van der Waals surface area contributed by atoms with Crippen molar-refractivity contribution in [1.82, 2.24) is 10.9 Å². The summed E-state index contributed by atoms with van der Waals surface area (Å²) in [6.07, 6.45) is 5.47. The minimum atomic E-state index is -1.20. The van der Waals surface area contributed by atoms with E-state index in [1.807, 2.05) is 0 Å². The Hall–Kier alpha value is -4.18. The van der Waals surface area contributed by atoms with Crippen LogP contribution < -0.4 is 16.2 Å². The van der Waals surface area contributed by atoms with Gasteiger partial charge in [-0.05, 0) is 54.6 Å². The first-order chi connectivity index (χ1) is 15.7. The molecule has 1 amide bonds. The monoisotopic (exact) mass is 465 g/mol. The summed E-state index contributed by atoms with van der Waals surface area (Å²) < 4.78 is 5.79. The summed E-state index contributed by atoms with van der Waals surface area (Å²) in [5.74, 6) is -1.94. The van der Waals surface area contributed by atoms with Crippen molar-refractivity contribution in [2.75, 3.05) is 5.32 Å². The molecule has 2 unspecified atom stereocenters. The van der Waals surface area contributed by atoms with Crippen LogP contribution in [0.25, 0.3) is 5.57 Å². The first kappa shape index (κ1) is 22.0. The molecule has 5 N–H and O–H groups in total. The Bertz CT molecular complexity index is 1260. The molecule has 0 spiro atoms. The van der Waals surface area contributed by atoms with Crippen LogP contribution in [-0.2, 0) is 14.3 Å². The smallest absolute Gasteiger partial charge is 0.336 e. The van der Waals surface area contributed by atoms with Gasteiger partial charge >= 0.3 is 5.97 Å². The highest BCUT2D eigenvalue weighted by molar-refractivity contribution is 7.80. The zero-order valence-corrected chi connectivity index (χ0v) is 18.2. The third kappa shape index (κ3) is 4.15. The quantitative estimate of drug-likeness (QED) is 0.258. The molecular formula is C23H19N3O6S. The number of anilines is 1. The lowest BCUT2D eigenvalue weighted by molar-refractivity contribution is -0.118. The number of thiocarbonyl (C=S) groups is 1. The van der Waals surface area contributed by atoms with Crippen LogP contribution in [0.2, 0.25) is 0 Å². The van der Waals surface area contributed by atoms with Crippen LogP contribution in [0, 0.1) is 5.92 Å². The van der Waals surface area contributed by atoms with Gasteiger partial charge in [0.15, 0.2) is 10.9 Å². The summed E-state index contributed by atoms with van der Waals surface area (Å²) in [6, 6.07) is 4.58. The molecule has 1 aromatic carbocycles. The molecule has 0 aromatic heterocycles. The first-order valence-electron chi connectivity index (χ1n) is 9.82. The minimum Gasteiger partial charge on any atom is -0.508 e. The second-order valence-corrected chi connectivity index (χ2v) is 8.01. The molecule has 168 valence electrons. The number of hydrogen-bond donors (Lipinski definition) is 5. The van der Waals surface area contributed by atoms with Gasteiger partial charge in [0.1, 0.15) is 17.6 Å². The molecular weight excluding hydrogens is 446 g/mol. The fourth-order valence-electron chi connectivity index (χ4n) is 3.72. The van der Waals surface area contributed by atoms with Gasteiger partial charge in [-0.15, -0.1) is 0 Å². The zero-order chi connectivity index (χ0) is 23.9. The maximum atomic E-state index is 12.3. The number of carboxylic acid groups (broad SMARTS) is 1. The molecule has 0 bridgehead atoms. The summed E-state index contributed by atoms with van der Waals surface area (Å²) in [5.41, 5.74) is 6.66. The Morgan fingerprint density at radius 1 is 1.24 bits per heavy atom. The molecule has 1 aliphatic heterocycles. The van der Waals surface area contributed by atoms with E-state index in [-0.39, 0.29) is 27.8 Å². The van der Waals surface area contributed by atoms with Gasteiger partial charge in [0, 0.05) is 23.3 Å². The number of allylic oxidation sites excluding steroid dienone is 3. The van der Waals surface area contributed by atoms with Gasteiger partial charge in [-0.2, -0.15) is 0 Å². The van der Waals surface area contributed by atoms with Gasteiger partial charge in [-0.25, -0.2) is 4.79 Å². The number of ether oxygens (including phenoxy) is 1. The lowest BCUT2D eigenvalue weighted by Gasteiger charge is -2.38. The van der Waals surface area contributed by atoms with E-state index in [1.165, 1.54) is 31.2 Å². The van der Waals surface area contributed by atoms with Crippen LogP contribution >= 0.6 is 12.2 Å². The standard InChI is InChI=1S/C23H19N3O6S/c1-10(2)21(29)25-26-23(33)24-11-3-5-13(15(7-11)22(30)31)19-14-6-4-12(27)8-17(14)32-18-9-16(28)20(18)19/h3-9,14,17,27H,1H2,2H3,(H,25,29)(H,30,31)(H2,24,26,33). The molecule has 1 aromatic rings. The topological polar surface area (TPSA) is 137 Å². The third-order valence-electron chi connectivity index (χ3n) is 5.26. The number of aromatic carboxylic acids is 1. The van der Waals surface area contributed by atoms with Crippen molar-refractivity contribution < 1.29 is 29.3 Å². The second-order valence-electron chi connectivity index (χ2n) is 7.60. The largest absolute Gasteiger partial charge is 0.508 e. The number of aliphatic hydroxyl groups excluding tert-OH is 1. The average Bonchev–Trinajstić information content (AvgIpc) is 2.75. The highest BCUT2D eigenvalue weighted by Crippen LogP contribution is 2.47. The Morgan fingerprint density at radius 3 is 2.67 bits per heavy atom. The van der Waals surface area contributed by atoms with E-state index in [4.69, 9.17) is 17.0 Å². The summed E-state index contributed by atoms with van der Waals surface area (Å²) in [7, 11) is 0. The fraction of sp³-hybridized carbons (Fsp3) is 0.130. The highest BCUT2D eigenvalue weighted by Gasteiger charge is 2.42. The molecule has 2 atom stereocenters. The van der Waals surface area contributed by atoms with E-state index >= 15 is 0 Å². The molecule has 0 radical (unpaired) electrons. The Labute approximate surface area is 193 Å². The van der Waals surface area contributed by atoms with E-state index in [1.54, 1.807) is 18.2 Å². The Morgan fingerprint density at radius 2 is 2.00 bits per heavy atom. The molecule has 4 rings (SSSR count). The fourth-order valence-corrected chi connectivity index (χ4v) is 3.89. The van der Waals surface area contributed by atoms with Crippen molar-refractivity contribution in [1.29, 1.82) is 0 Å². The maximum Gasteiger partial charge on any atom is 0.336 e. The number of benzene rings is 1. The number of nitrogens with one attached hydrogen (secondary N) is 3. The number of carbonyl (C=O) groups excluding carboxylic acids is 2. The number of hydrazine groups is 1. The van der Waals surface area contributed by atoms with Gasteiger partial charge < -0.3 is 20.3 Å². The normalized spacial score (nSPS) is 20.2. The molecule has 1 heterocycles. The maximum absolute atomic E-state index is 12.3. The van der Waals surface area contributed by atoms with Gasteiger partial charge in [0.05, 0.1) is 11.1 Å². The Kier molecular flexibility index (Phi) is 5.60. The van der Waals surface area contributed by atoms with Gasteiger partial charge in [-0.1, -0.05) is 18.7 Å². The van der Waals surface area contributed by atoms with Crippen LogP contribution in [0.5, 0.6) is 0 Å². The number of aliphatic hydroxyl groups is 1. The van der Waals surface area contributed by atoms with E-state index < -0.39 is 23.9 Å². The summed E-state index contributed by atoms with van der Waals surface area (Å²) in [4.78, 5) is 36.0. The molecule has 9 nitrogen and oxygen atoms in total. The molecule has 33 heavy (non-hydrogen) atoms. The van der Waals surface area contributed by atoms with Crippen LogP contribution in [0.4, 0.5) is 5.69 Å². The minimum absolute atomic E-state index is 0.0306. The van der Waals surface area contributed by atoms with Gasteiger partial charge in [-0.3, -0.25) is 20.4 Å². The summed E-state index contributed by atoms with van der Waals surface area (Å²) in [6.45, 7) is 5.05. The molecule has 2 aliphatic carbocycles. The van der Waals surface area contributed by atoms with Crippen molar-refractivity contribution in [3.05, 3.63) is 82.9 Å². The van der Waals surface area contributed by atoms with Crippen LogP contribution in [0.1, 0.15) is 22.8 Å². The van der Waals surface area contributed by atoms with Crippen LogP contribution in [-0.4, -0.2) is 39.1 Å². The second kappa shape index (κ2) is 8.40. The third-order valence-corrected chi connectivity index (χ3v) is 5.46. The SMILES string of the molecule is C=C(C)C(=O)NNC(=S)Nc1ccc(C2=C3C(=O)C=C3OC3C=C(O)C=CC23)c(C(=O)O)c1.